The van der Waals surface area contributed by atoms with Gasteiger partial charge in [-0.25, -0.2) is 0 Å². The molecule has 1 aromatic carbocycles. The first-order chi connectivity index (χ1) is 6.03. The van der Waals surface area contributed by atoms with Crippen molar-refractivity contribution in [3.63, 3.8) is 0 Å². The third kappa shape index (κ3) is 3.28. The summed E-state index contributed by atoms with van der Waals surface area (Å²) in [6.07, 6.45) is 0.622. The van der Waals surface area contributed by atoms with Crippen LogP contribution in [0.2, 0.25) is 0 Å². The molecule has 0 radical (unpaired) electrons. The molecule has 0 saturated carbocycles. The Morgan fingerprint density at radius 2 is 2.00 bits per heavy atom. The van der Waals surface area contributed by atoms with Crippen LogP contribution in [0.5, 0.6) is 0 Å². The van der Waals surface area contributed by atoms with Crippen LogP contribution in [0.3, 0.4) is 0 Å². The maximum absolute atomic E-state index is 9.64. The molecule has 72 valence electrons. The molecule has 0 amide bonds. The fourth-order valence-corrected chi connectivity index (χ4v) is 1.47. The van der Waals surface area contributed by atoms with Crippen LogP contribution in [0.25, 0.3) is 0 Å². The van der Waals surface area contributed by atoms with E-state index < -0.39 is 5.60 Å². The normalized spacial score (nSPS) is 11.4. The van der Waals surface area contributed by atoms with E-state index >= 15 is 0 Å². The smallest absolute Gasteiger partial charge is 0.0632 e. The van der Waals surface area contributed by atoms with Gasteiger partial charge in [0.25, 0.3) is 0 Å². The van der Waals surface area contributed by atoms with Crippen LogP contribution in [0, 0.1) is 0 Å². The minimum atomic E-state index is -0.680. The monoisotopic (exact) mass is 197 g/mol. The highest BCUT2D eigenvalue weighted by Gasteiger charge is 2.14. The van der Waals surface area contributed by atoms with E-state index in [-0.39, 0.29) is 0 Å². The number of para-hydroxylation sites is 1. The van der Waals surface area contributed by atoms with Crippen molar-refractivity contribution in [2.24, 2.45) is 0 Å². The van der Waals surface area contributed by atoms with E-state index in [1.165, 1.54) is 0 Å². The van der Waals surface area contributed by atoms with Gasteiger partial charge in [0.2, 0.25) is 0 Å². The highest BCUT2D eigenvalue weighted by Crippen LogP contribution is 2.20. The summed E-state index contributed by atoms with van der Waals surface area (Å²) in [7, 11) is 0. The molecule has 0 aliphatic heterocycles. The van der Waals surface area contributed by atoms with Crippen LogP contribution >= 0.6 is 12.8 Å². The molecule has 2 N–H and O–H groups in total. The Kier molecular flexibility index (Phi) is 3.22. The van der Waals surface area contributed by atoms with Crippen molar-refractivity contribution in [1.29, 1.82) is 0 Å². The molecule has 3 heteroatoms. The highest BCUT2D eigenvalue weighted by atomic mass is 32.1. The van der Waals surface area contributed by atoms with Crippen LogP contribution in [0.1, 0.15) is 19.4 Å². The second-order valence-electron chi connectivity index (χ2n) is 3.76. The lowest BCUT2D eigenvalue weighted by Gasteiger charge is -2.18. The summed E-state index contributed by atoms with van der Waals surface area (Å²) in [6.45, 7) is 3.59. The van der Waals surface area contributed by atoms with Gasteiger partial charge in [-0.05, 0) is 25.5 Å². The van der Waals surface area contributed by atoms with Gasteiger partial charge in [-0.3, -0.25) is 0 Å². The summed E-state index contributed by atoms with van der Waals surface area (Å²) in [6, 6.07) is 7.81. The average molecular weight is 197 g/mol. The predicted molar refractivity (Wildman–Crippen MR) is 59.1 cm³/mol. The first kappa shape index (κ1) is 10.4. The van der Waals surface area contributed by atoms with Crippen molar-refractivity contribution in [2.45, 2.75) is 25.9 Å². The number of hydrogen-bond acceptors (Lipinski definition) is 3. The van der Waals surface area contributed by atoms with Crippen LogP contribution in [0.4, 0.5) is 5.69 Å². The third-order valence-electron chi connectivity index (χ3n) is 1.76. The zero-order chi connectivity index (χ0) is 9.90. The molecule has 0 bridgehead atoms. The molecule has 0 atom stereocenters. The lowest BCUT2D eigenvalue weighted by Crippen LogP contribution is -2.22. The Morgan fingerprint density at radius 1 is 1.38 bits per heavy atom. The molecular weight excluding hydrogens is 182 g/mol. The Labute approximate surface area is 84.5 Å². The number of thiol groups is 1. The van der Waals surface area contributed by atoms with E-state index in [1.807, 2.05) is 24.3 Å². The molecule has 0 fully saturated rings. The molecule has 1 rings (SSSR count). The zero-order valence-electron chi connectivity index (χ0n) is 7.91. The average Bonchev–Trinajstić information content (AvgIpc) is 2.02. The number of hydrogen-bond donors (Lipinski definition) is 3. The Hall–Kier alpha value is -0.670. The minimum Gasteiger partial charge on any atom is -0.390 e. The van der Waals surface area contributed by atoms with E-state index in [9.17, 15) is 5.11 Å². The largest absolute Gasteiger partial charge is 0.390 e. The van der Waals surface area contributed by atoms with Crippen molar-refractivity contribution in [1.82, 2.24) is 0 Å². The van der Waals surface area contributed by atoms with Crippen molar-refractivity contribution in [3.05, 3.63) is 29.8 Å². The van der Waals surface area contributed by atoms with Gasteiger partial charge in [0, 0.05) is 12.1 Å². The van der Waals surface area contributed by atoms with Crippen molar-refractivity contribution >= 4 is 18.5 Å². The molecule has 0 saturated heterocycles. The number of anilines is 1. The molecule has 0 aromatic heterocycles. The van der Waals surface area contributed by atoms with Crippen molar-refractivity contribution < 1.29 is 5.11 Å². The van der Waals surface area contributed by atoms with Gasteiger partial charge in [-0.2, -0.15) is 0 Å². The van der Waals surface area contributed by atoms with Gasteiger partial charge in [0.1, 0.15) is 0 Å². The standard InChI is InChI=1S/C10H15NOS/c1-10(2,12)7-8-5-3-4-6-9(8)11-13/h3-6,11-13H,7H2,1-2H3. The quantitative estimate of drug-likeness (QED) is 0.649. The fourth-order valence-electron chi connectivity index (χ4n) is 1.25. The second-order valence-corrected chi connectivity index (χ2v) is 3.98. The third-order valence-corrected chi connectivity index (χ3v) is 2.00. The Morgan fingerprint density at radius 3 is 2.54 bits per heavy atom. The SMILES string of the molecule is CC(C)(O)Cc1ccccc1NS. The Balaban J connectivity index is 2.87. The summed E-state index contributed by atoms with van der Waals surface area (Å²) in [5.74, 6) is 0. The van der Waals surface area contributed by atoms with Crippen LogP contribution in [-0.4, -0.2) is 10.7 Å². The van der Waals surface area contributed by atoms with Gasteiger partial charge in [0.05, 0.1) is 5.60 Å². The fraction of sp³-hybridized carbons (Fsp3) is 0.400. The van der Waals surface area contributed by atoms with Crippen LogP contribution in [-0.2, 0) is 6.42 Å². The first-order valence-corrected chi connectivity index (χ1v) is 4.68. The van der Waals surface area contributed by atoms with Gasteiger partial charge in [0.15, 0.2) is 0 Å². The highest BCUT2D eigenvalue weighted by molar-refractivity contribution is 7.81. The Bertz CT molecular complexity index is 280. The van der Waals surface area contributed by atoms with E-state index in [1.54, 1.807) is 13.8 Å². The van der Waals surface area contributed by atoms with E-state index in [2.05, 4.69) is 17.5 Å². The molecule has 0 spiro atoms. The maximum Gasteiger partial charge on any atom is 0.0632 e. The number of rotatable bonds is 3. The van der Waals surface area contributed by atoms with Crippen LogP contribution < -0.4 is 4.72 Å². The molecular formula is C10H15NOS. The topological polar surface area (TPSA) is 32.3 Å². The van der Waals surface area contributed by atoms with E-state index in [0.717, 1.165) is 11.3 Å². The van der Waals surface area contributed by atoms with Crippen molar-refractivity contribution in [2.75, 3.05) is 4.72 Å². The van der Waals surface area contributed by atoms with Gasteiger partial charge in [-0.15, -0.1) is 0 Å². The lowest BCUT2D eigenvalue weighted by atomic mass is 9.98. The number of nitrogens with one attached hydrogen (secondary N) is 1. The zero-order valence-corrected chi connectivity index (χ0v) is 8.81. The molecule has 0 aliphatic rings. The summed E-state index contributed by atoms with van der Waals surface area (Å²) in [5, 5.41) is 9.64. The maximum atomic E-state index is 9.64. The molecule has 2 nitrogen and oxygen atoms in total. The summed E-state index contributed by atoms with van der Waals surface area (Å²) < 4.78 is 2.80. The summed E-state index contributed by atoms with van der Waals surface area (Å²) in [5.41, 5.74) is 1.35. The molecule has 0 heterocycles. The number of aliphatic hydroxyl groups is 1. The van der Waals surface area contributed by atoms with E-state index in [0.29, 0.717) is 6.42 Å². The number of benzene rings is 1. The van der Waals surface area contributed by atoms with Crippen LogP contribution in [0.15, 0.2) is 24.3 Å². The molecule has 0 aliphatic carbocycles. The minimum absolute atomic E-state index is 0.622. The van der Waals surface area contributed by atoms with Gasteiger partial charge < -0.3 is 9.83 Å². The molecule has 1 aromatic rings. The summed E-state index contributed by atoms with van der Waals surface area (Å²) >= 11 is 4.00. The van der Waals surface area contributed by atoms with Crippen molar-refractivity contribution in [3.8, 4) is 0 Å². The van der Waals surface area contributed by atoms with Gasteiger partial charge in [-0.1, -0.05) is 31.0 Å². The van der Waals surface area contributed by atoms with Gasteiger partial charge >= 0.3 is 0 Å². The predicted octanol–water partition coefficient (Wildman–Crippen LogP) is 2.26. The molecule has 13 heavy (non-hydrogen) atoms. The molecule has 0 unspecified atom stereocenters. The first-order valence-electron chi connectivity index (χ1n) is 4.23. The second kappa shape index (κ2) is 4.03. The van der Waals surface area contributed by atoms with E-state index in [4.69, 9.17) is 0 Å². The summed E-state index contributed by atoms with van der Waals surface area (Å²) in [4.78, 5) is 0. The lowest BCUT2D eigenvalue weighted by molar-refractivity contribution is 0.0811.